The molecule has 2 rings (SSSR count). The van der Waals surface area contributed by atoms with Gasteiger partial charge in [0, 0.05) is 18.8 Å². The molecule has 2 heterocycles. The van der Waals surface area contributed by atoms with Crippen LogP contribution < -0.4 is 10.6 Å². The van der Waals surface area contributed by atoms with Gasteiger partial charge in [-0.3, -0.25) is 0 Å². The maximum atomic E-state index is 4.74. The maximum absolute atomic E-state index is 4.74. The summed E-state index contributed by atoms with van der Waals surface area (Å²) >= 11 is 0. The van der Waals surface area contributed by atoms with Gasteiger partial charge in [-0.2, -0.15) is 4.98 Å². The van der Waals surface area contributed by atoms with Crippen molar-refractivity contribution in [3.8, 4) is 0 Å². The summed E-state index contributed by atoms with van der Waals surface area (Å²) in [5, 5.41) is 10.1. The van der Waals surface area contributed by atoms with E-state index >= 15 is 0 Å². The SMILES string of the molecule is CCCNc1nccc(NCc2ccon2)n1. The molecule has 0 aromatic carbocycles. The van der Waals surface area contributed by atoms with Gasteiger partial charge in [-0.25, -0.2) is 4.98 Å². The predicted octanol–water partition coefficient (Wildman–Crippen LogP) is 1.90. The lowest BCUT2D eigenvalue weighted by Gasteiger charge is -2.06. The minimum absolute atomic E-state index is 0.584. The molecule has 0 amide bonds. The zero-order valence-corrected chi connectivity index (χ0v) is 9.68. The van der Waals surface area contributed by atoms with Crippen molar-refractivity contribution in [2.75, 3.05) is 17.2 Å². The molecule has 6 heteroatoms. The van der Waals surface area contributed by atoms with Gasteiger partial charge in [-0.15, -0.1) is 0 Å². The molecule has 0 aliphatic carbocycles. The van der Waals surface area contributed by atoms with Crippen LogP contribution in [-0.4, -0.2) is 21.7 Å². The Labute approximate surface area is 99.5 Å². The highest BCUT2D eigenvalue weighted by Crippen LogP contribution is 2.07. The van der Waals surface area contributed by atoms with E-state index in [-0.39, 0.29) is 0 Å². The van der Waals surface area contributed by atoms with Crippen LogP contribution in [0.25, 0.3) is 0 Å². The molecule has 17 heavy (non-hydrogen) atoms. The van der Waals surface area contributed by atoms with Gasteiger partial charge in [0.25, 0.3) is 0 Å². The molecule has 2 aromatic heterocycles. The topological polar surface area (TPSA) is 75.9 Å². The molecule has 0 bridgehead atoms. The molecule has 0 spiro atoms. The fraction of sp³-hybridized carbons (Fsp3) is 0.364. The molecular weight excluding hydrogens is 218 g/mol. The van der Waals surface area contributed by atoms with Gasteiger partial charge >= 0.3 is 0 Å². The van der Waals surface area contributed by atoms with Crippen molar-refractivity contribution in [1.29, 1.82) is 0 Å². The number of anilines is 2. The van der Waals surface area contributed by atoms with Crippen molar-refractivity contribution in [2.45, 2.75) is 19.9 Å². The minimum Gasteiger partial charge on any atom is -0.364 e. The standard InChI is InChI=1S/C11H15N5O/c1-2-5-12-11-13-6-3-10(15-11)14-8-9-4-7-17-16-9/h3-4,6-7H,2,5,8H2,1H3,(H2,12,13,14,15). The number of hydrogen-bond acceptors (Lipinski definition) is 6. The van der Waals surface area contributed by atoms with Gasteiger partial charge in [-0.1, -0.05) is 12.1 Å². The molecule has 0 radical (unpaired) electrons. The summed E-state index contributed by atoms with van der Waals surface area (Å²) in [4.78, 5) is 8.44. The highest BCUT2D eigenvalue weighted by Gasteiger charge is 2.00. The molecule has 0 atom stereocenters. The maximum Gasteiger partial charge on any atom is 0.224 e. The van der Waals surface area contributed by atoms with E-state index in [1.807, 2.05) is 12.1 Å². The van der Waals surface area contributed by atoms with Gasteiger partial charge in [-0.05, 0) is 12.5 Å². The lowest BCUT2D eigenvalue weighted by Crippen LogP contribution is -2.07. The Hall–Kier alpha value is -2.11. The Morgan fingerprint density at radius 1 is 1.29 bits per heavy atom. The van der Waals surface area contributed by atoms with Crippen LogP contribution in [-0.2, 0) is 6.54 Å². The van der Waals surface area contributed by atoms with Crippen LogP contribution in [0, 0.1) is 0 Å². The van der Waals surface area contributed by atoms with Gasteiger partial charge in [0.05, 0.1) is 6.54 Å². The fourth-order valence-electron chi connectivity index (χ4n) is 1.29. The quantitative estimate of drug-likeness (QED) is 0.793. The van der Waals surface area contributed by atoms with Crippen molar-refractivity contribution < 1.29 is 4.52 Å². The van der Waals surface area contributed by atoms with E-state index in [9.17, 15) is 0 Å². The lowest BCUT2D eigenvalue weighted by atomic mass is 10.4. The number of nitrogens with zero attached hydrogens (tertiary/aromatic N) is 3. The van der Waals surface area contributed by atoms with Gasteiger partial charge in [0.2, 0.25) is 5.95 Å². The number of nitrogens with one attached hydrogen (secondary N) is 2. The summed E-state index contributed by atoms with van der Waals surface area (Å²) < 4.78 is 4.74. The van der Waals surface area contributed by atoms with Crippen LogP contribution in [0.3, 0.4) is 0 Å². The Kier molecular flexibility index (Phi) is 3.90. The van der Waals surface area contributed by atoms with Crippen LogP contribution >= 0.6 is 0 Å². The summed E-state index contributed by atoms with van der Waals surface area (Å²) in [6.07, 6.45) is 4.31. The predicted molar refractivity (Wildman–Crippen MR) is 64.6 cm³/mol. The lowest BCUT2D eigenvalue weighted by molar-refractivity contribution is 0.412. The first-order valence-corrected chi connectivity index (χ1v) is 5.58. The molecule has 0 saturated heterocycles. The first kappa shape index (κ1) is 11.4. The third kappa shape index (κ3) is 3.44. The van der Waals surface area contributed by atoms with Crippen LogP contribution in [0.1, 0.15) is 19.0 Å². The van der Waals surface area contributed by atoms with Crippen molar-refractivity contribution in [3.63, 3.8) is 0 Å². The van der Waals surface area contributed by atoms with Crippen LogP contribution in [0.5, 0.6) is 0 Å². The highest BCUT2D eigenvalue weighted by atomic mass is 16.5. The summed E-state index contributed by atoms with van der Waals surface area (Å²) in [5.41, 5.74) is 0.840. The van der Waals surface area contributed by atoms with E-state index in [2.05, 4.69) is 32.7 Å². The van der Waals surface area contributed by atoms with E-state index < -0.39 is 0 Å². The molecular formula is C11H15N5O. The van der Waals surface area contributed by atoms with E-state index in [1.54, 1.807) is 12.5 Å². The second-order valence-corrected chi connectivity index (χ2v) is 3.54. The molecule has 2 aromatic rings. The molecule has 0 aliphatic heterocycles. The van der Waals surface area contributed by atoms with E-state index in [0.717, 1.165) is 24.5 Å². The molecule has 90 valence electrons. The zero-order valence-electron chi connectivity index (χ0n) is 9.68. The molecule has 0 aliphatic rings. The fourth-order valence-corrected chi connectivity index (χ4v) is 1.29. The third-order valence-electron chi connectivity index (χ3n) is 2.13. The Morgan fingerprint density at radius 3 is 3.00 bits per heavy atom. The highest BCUT2D eigenvalue weighted by molar-refractivity contribution is 5.39. The van der Waals surface area contributed by atoms with E-state index in [4.69, 9.17) is 4.52 Å². The van der Waals surface area contributed by atoms with Crippen molar-refractivity contribution in [1.82, 2.24) is 15.1 Å². The van der Waals surface area contributed by atoms with E-state index in [0.29, 0.717) is 12.5 Å². The minimum atomic E-state index is 0.584. The first-order chi connectivity index (χ1) is 8.38. The van der Waals surface area contributed by atoms with Gasteiger partial charge in [0.15, 0.2) is 0 Å². The zero-order chi connectivity index (χ0) is 11.9. The number of rotatable bonds is 6. The monoisotopic (exact) mass is 233 g/mol. The summed E-state index contributed by atoms with van der Waals surface area (Å²) in [6.45, 7) is 3.55. The number of aromatic nitrogens is 3. The third-order valence-corrected chi connectivity index (χ3v) is 2.13. The molecule has 6 nitrogen and oxygen atoms in total. The molecule has 0 saturated carbocycles. The van der Waals surface area contributed by atoms with Gasteiger partial charge in [0.1, 0.15) is 17.8 Å². The largest absolute Gasteiger partial charge is 0.364 e. The Bertz CT molecular complexity index is 443. The Balaban J connectivity index is 1.91. The first-order valence-electron chi connectivity index (χ1n) is 5.58. The smallest absolute Gasteiger partial charge is 0.224 e. The molecule has 0 unspecified atom stereocenters. The summed E-state index contributed by atoms with van der Waals surface area (Å²) in [6, 6.07) is 3.63. The second kappa shape index (κ2) is 5.83. The van der Waals surface area contributed by atoms with Gasteiger partial charge < -0.3 is 15.2 Å². The van der Waals surface area contributed by atoms with Crippen LogP contribution in [0.4, 0.5) is 11.8 Å². The van der Waals surface area contributed by atoms with Crippen molar-refractivity contribution in [3.05, 3.63) is 30.3 Å². The van der Waals surface area contributed by atoms with Crippen molar-refractivity contribution in [2.24, 2.45) is 0 Å². The van der Waals surface area contributed by atoms with E-state index in [1.165, 1.54) is 0 Å². The van der Waals surface area contributed by atoms with Crippen LogP contribution in [0.15, 0.2) is 29.1 Å². The van der Waals surface area contributed by atoms with Crippen LogP contribution in [0.2, 0.25) is 0 Å². The Morgan fingerprint density at radius 2 is 2.24 bits per heavy atom. The van der Waals surface area contributed by atoms with Crippen molar-refractivity contribution >= 4 is 11.8 Å². The molecule has 2 N–H and O–H groups in total. The summed E-state index contributed by atoms with van der Waals surface area (Å²) in [5.74, 6) is 1.40. The normalized spacial score (nSPS) is 10.2. The average molecular weight is 233 g/mol. The second-order valence-electron chi connectivity index (χ2n) is 3.54. The number of hydrogen-bond donors (Lipinski definition) is 2. The summed E-state index contributed by atoms with van der Waals surface area (Å²) in [7, 11) is 0. The average Bonchev–Trinajstić information content (AvgIpc) is 2.87. The molecule has 0 fully saturated rings.